The van der Waals surface area contributed by atoms with Crippen molar-refractivity contribution < 1.29 is 9.90 Å². The molecule has 2 saturated heterocycles. The molecule has 6 heteroatoms. The first-order valence-corrected chi connectivity index (χ1v) is 10.3. The maximum absolute atomic E-state index is 11.0. The Bertz CT molecular complexity index is 623. The van der Waals surface area contributed by atoms with Gasteiger partial charge in [-0.3, -0.25) is 9.69 Å². The molecule has 6 nitrogen and oxygen atoms in total. The number of aliphatic carboxylic acids is 1. The molecule has 2 fully saturated rings. The quantitative estimate of drug-likeness (QED) is 0.674. The molecule has 2 aliphatic heterocycles. The molecule has 150 valence electrons. The van der Waals surface area contributed by atoms with Crippen molar-refractivity contribution in [3.05, 3.63) is 29.3 Å². The van der Waals surface area contributed by atoms with Gasteiger partial charge >= 0.3 is 5.97 Å². The predicted octanol–water partition coefficient (Wildman–Crippen LogP) is 1.67. The first-order valence-electron chi connectivity index (χ1n) is 10.3. The van der Waals surface area contributed by atoms with E-state index in [-0.39, 0.29) is 5.92 Å². The van der Waals surface area contributed by atoms with E-state index >= 15 is 0 Å². The second kappa shape index (κ2) is 9.53. The third-order valence-electron chi connectivity index (χ3n) is 6.18. The van der Waals surface area contributed by atoms with Gasteiger partial charge < -0.3 is 21.1 Å². The molecular weight excluding hydrogens is 340 g/mol. The average Bonchev–Trinajstić information content (AvgIpc) is 2.72. The number of piperidine rings is 1. The lowest BCUT2D eigenvalue weighted by molar-refractivity contribution is -0.141. The van der Waals surface area contributed by atoms with E-state index in [4.69, 9.17) is 10.8 Å². The Hall–Kier alpha value is -1.63. The highest BCUT2D eigenvalue weighted by Crippen LogP contribution is 2.24. The number of nitrogens with one attached hydrogen (secondary N) is 1. The number of nitrogens with zero attached hydrogens (tertiary/aromatic N) is 2. The fraction of sp³-hybridized carbons (Fsp3) is 0.667. The highest BCUT2D eigenvalue weighted by Gasteiger charge is 2.25. The molecule has 4 N–H and O–H groups in total. The first kappa shape index (κ1) is 20.1. The third-order valence-corrected chi connectivity index (χ3v) is 6.18. The smallest absolute Gasteiger partial charge is 0.306 e. The molecule has 27 heavy (non-hydrogen) atoms. The van der Waals surface area contributed by atoms with Crippen molar-refractivity contribution in [3.63, 3.8) is 0 Å². The highest BCUT2D eigenvalue weighted by molar-refractivity contribution is 5.69. The van der Waals surface area contributed by atoms with E-state index in [1.165, 1.54) is 24.1 Å². The summed E-state index contributed by atoms with van der Waals surface area (Å²) in [6.07, 6.45) is 3.95. The monoisotopic (exact) mass is 374 g/mol. The van der Waals surface area contributed by atoms with Crippen molar-refractivity contribution in [1.29, 1.82) is 0 Å². The summed E-state index contributed by atoms with van der Waals surface area (Å²) in [5.74, 6) is -1.05. The van der Waals surface area contributed by atoms with Crippen molar-refractivity contribution in [2.45, 2.75) is 45.2 Å². The van der Waals surface area contributed by atoms with E-state index in [2.05, 4.69) is 33.3 Å². The fourth-order valence-corrected chi connectivity index (χ4v) is 4.26. The van der Waals surface area contributed by atoms with Gasteiger partial charge in [-0.15, -0.1) is 0 Å². The Morgan fingerprint density at radius 3 is 2.56 bits per heavy atom. The molecule has 0 saturated carbocycles. The summed E-state index contributed by atoms with van der Waals surface area (Å²) in [7, 11) is 0. The van der Waals surface area contributed by atoms with Crippen molar-refractivity contribution in [3.8, 4) is 0 Å². The lowest BCUT2D eigenvalue weighted by Gasteiger charge is -2.41. The standard InChI is InChI=1S/C21H34N4O2/c1-16(21(26)27)2-3-17-4-5-20(14-18(17)15-22)25-12-10-24(11-13-25)19-6-8-23-9-7-19/h4-5,14,16,19,23H,2-3,6-13,15,22H2,1H3,(H,26,27). The van der Waals surface area contributed by atoms with Gasteiger partial charge in [-0.25, -0.2) is 0 Å². The van der Waals surface area contributed by atoms with Crippen LogP contribution in [0.3, 0.4) is 0 Å². The number of hydrogen-bond donors (Lipinski definition) is 3. The molecule has 2 heterocycles. The van der Waals surface area contributed by atoms with E-state index in [1.54, 1.807) is 6.92 Å². The lowest BCUT2D eigenvalue weighted by atomic mass is 9.96. The summed E-state index contributed by atoms with van der Waals surface area (Å²) >= 11 is 0. The number of anilines is 1. The molecule has 1 unspecified atom stereocenters. The zero-order valence-corrected chi connectivity index (χ0v) is 16.5. The minimum absolute atomic E-state index is 0.321. The number of piperazine rings is 1. The molecule has 2 aliphatic rings. The molecule has 0 aromatic heterocycles. The Balaban J connectivity index is 1.58. The first-order chi connectivity index (χ1) is 13.1. The third kappa shape index (κ3) is 5.21. The molecule has 0 bridgehead atoms. The van der Waals surface area contributed by atoms with Gasteiger partial charge in [-0.2, -0.15) is 0 Å². The van der Waals surface area contributed by atoms with Gasteiger partial charge in [-0.05, 0) is 62.0 Å². The lowest BCUT2D eigenvalue weighted by Crippen LogP contribution is -2.52. The molecular formula is C21H34N4O2. The molecule has 1 aromatic carbocycles. The number of aryl methyl sites for hydroxylation is 1. The Morgan fingerprint density at radius 2 is 1.93 bits per heavy atom. The van der Waals surface area contributed by atoms with Gasteiger partial charge in [0.1, 0.15) is 0 Å². The van der Waals surface area contributed by atoms with Crippen molar-refractivity contribution in [1.82, 2.24) is 10.2 Å². The number of carbonyl (C=O) groups is 1. The predicted molar refractivity (Wildman–Crippen MR) is 109 cm³/mol. The van der Waals surface area contributed by atoms with Gasteiger partial charge in [0.05, 0.1) is 5.92 Å². The Labute approximate surface area is 162 Å². The second-order valence-corrected chi connectivity index (χ2v) is 7.94. The molecule has 1 aromatic rings. The zero-order valence-electron chi connectivity index (χ0n) is 16.5. The fourth-order valence-electron chi connectivity index (χ4n) is 4.26. The molecule has 0 radical (unpaired) electrons. The topological polar surface area (TPSA) is 81.8 Å². The van der Waals surface area contributed by atoms with Crippen molar-refractivity contribution >= 4 is 11.7 Å². The normalized spacial score (nSPS) is 20.6. The zero-order chi connectivity index (χ0) is 19.2. The average molecular weight is 375 g/mol. The van der Waals surface area contributed by atoms with Crippen LogP contribution in [0.15, 0.2) is 18.2 Å². The van der Waals surface area contributed by atoms with Gasteiger partial charge in [0.2, 0.25) is 0 Å². The van der Waals surface area contributed by atoms with Gasteiger partial charge in [0, 0.05) is 44.5 Å². The van der Waals surface area contributed by atoms with Crippen LogP contribution in [0, 0.1) is 5.92 Å². The maximum Gasteiger partial charge on any atom is 0.306 e. The molecule has 3 rings (SSSR count). The van der Waals surface area contributed by atoms with Crippen molar-refractivity contribution in [2.24, 2.45) is 11.7 Å². The highest BCUT2D eigenvalue weighted by atomic mass is 16.4. The van der Waals surface area contributed by atoms with Crippen LogP contribution in [0.1, 0.15) is 37.3 Å². The summed E-state index contributed by atoms with van der Waals surface area (Å²) in [6, 6.07) is 7.28. The minimum atomic E-state index is -0.729. The van der Waals surface area contributed by atoms with E-state index in [9.17, 15) is 4.79 Å². The Kier molecular flexibility index (Phi) is 7.10. The SMILES string of the molecule is CC(CCc1ccc(N2CCN(C3CCNCC3)CC2)cc1CN)C(=O)O. The van der Waals surface area contributed by atoms with E-state index < -0.39 is 5.97 Å². The van der Waals surface area contributed by atoms with E-state index in [0.717, 1.165) is 57.3 Å². The van der Waals surface area contributed by atoms with Gasteiger partial charge in [0.15, 0.2) is 0 Å². The second-order valence-electron chi connectivity index (χ2n) is 7.94. The molecule has 0 spiro atoms. The van der Waals surface area contributed by atoms with Gasteiger partial charge in [-0.1, -0.05) is 13.0 Å². The molecule has 0 aliphatic carbocycles. The summed E-state index contributed by atoms with van der Waals surface area (Å²) in [6.45, 7) is 8.92. The number of carboxylic acids is 1. The number of benzene rings is 1. The van der Waals surface area contributed by atoms with E-state index in [1.807, 2.05) is 0 Å². The summed E-state index contributed by atoms with van der Waals surface area (Å²) in [4.78, 5) is 16.2. The van der Waals surface area contributed by atoms with Crippen LogP contribution in [-0.4, -0.2) is 61.3 Å². The van der Waals surface area contributed by atoms with Crippen LogP contribution in [-0.2, 0) is 17.8 Å². The van der Waals surface area contributed by atoms with Crippen LogP contribution in [0.5, 0.6) is 0 Å². The largest absolute Gasteiger partial charge is 0.481 e. The van der Waals surface area contributed by atoms with E-state index in [0.29, 0.717) is 13.0 Å². The maximum atomic E-state index is 11.0. The van der Waals surface area contributed by atoms with Crippen molar-refractivity contribution in [2.75, 3.05) is 44.2 Å². The summed E-state index contributed by atoms with van der Waals surface area (Å²) in [5, 5.41) is 12.5. The summed E-state index contributed by atoms with van der Waals surface area (Å²) < 4.78 is 0. The van der Waals surface area contributed by atoms with Crippen LogP contribution in [0.25, 0.3) is 0 Å². The van der Waals surface area contributed by atoms with Crippen LogP contribution in [0.2, 0.25) is 0 Å². The Morgan fingerprint density at radius 1 is 1.22 bits per heavy atom. The molecule has 1 atom stereocenters. The van der Waals surface area contributed by atoms with Crippen LogP contribution < -0.4 is 16.0 Å². The summed E-state index contributed by atoms with van der Waals surface area (Å²) in [5.41, 5.74) is 9.56. The molecule has 0 amide bonds. The minimum Gasteiger partial charge on any atom is -0.481 e. The number of nitrogens with two attached hydrogens (primary N) is 1. The number of carboxylic acid groups (broad SMARTS) is 1. The van der Waals surface area contributed by atoms with Crippen LogP contribution >= 0.6 is 0 Å². The number of hydrogen-bond acceptors (Lipinski definition) is 5. The van der Waals surface area contributed by atoms with Gasteiger partial charge in [0.25, 0.3) is 0 Å². The van der Waals surface area contributed by atoms with Crippen LogP contribution in [0.4, 0.5) is 5.69 Å². The number of rotatable bonds is 7.